The first-order chi connectivity index (χ1) is 11.5. The lowest BCUT2D eigenvalue weighted by molar-refractivity contribution is -0.121. The van der Waals surface area contributed by atoms with Crippen LogP contribution in [0.2, 0.25) is 0 Å². The second-order valence-corrected chi connectivity index (χ2v) is 7.13. The minimum absolute atomic E-state index is 0.0660. The van der Waals surface area contributed by atoms with Crippen LogP contribution in [-0.4, -0.2) is 21.7 Å². The third kappa shape index (κ3) is 5.53. The van der Waals surface area contributed by atoms with Crippen molar-refractivity contribution < 1.29 is 9.59 Å². The van der Waals surface area contributed by atoms with E-state index in [0.29, 0.717) is 11.5 Å². The van der Waals surface area contributed by atoms with Gasteiger partial charge < -0.3 is 5.32 Å². The van der Waals surface area contributed by atoms with Crippen molar-refractivity contribution in [3.63, 3.8) is 0 Å². The molecule has 5 nitrogen and oxygen atoms in total. The van der Waals surface area contributed by atoms with Crippen LogP contribution < -0.4 is 5.32 Å². The van der Waals surface area contributed by atoms with Gasteiger partial charge in [-0.3, -0.25) is 14.6 Å². The van der Waals surface area contributed by atoms with Crippen LogP contribution in [0.25, 0.3) is 0 Å². The molecule has 0 saturated carbocycles. The predicted molar refractivity (Wildman–Crippen MR) is 95.0 cm³/mol. The van der Waals surface area contributed by atoms with Crippen LogP contribution in [0.5, 0.6) is 0 Å². The van der Waals surface area contributed by atoms with Gasteiger partial charge in [0.25, 0.3) is 0 Å². The Labute approximate surface area is 146 Å². The van der Waals surface area contributed by atoms with Crippen molar-refractivity contribution in [2.45, 2.75) is 46.1 Å². The zero-order valence-corrected chi connectivity index (χ0v) is 15.1. The molecule has 0 bridgehead atoms. The molecule has 0 saturated heterocycles. The van der Waals surface area contributed by atoms with Gasteiger partial charge in [-0.2, -0.15) is 0 Å². The summed E-state index contributed by atoms with van der Waals surface area (Å²) in [4.78, 5) is 32.7. The second-order valence-electron chi connectivity index (χ2n) is 6.24. The molecule has 0 aliphatic carbocycles. The van der Waals surface area contributed by atoms with Crippen molar-refractivity contribution >= 4 is 23.0 Å². The van der Waals surface area contributed by atoms with Gasteiger partial charge >= 0.3 is 0 Å². The number of nitrogens with one attached hydrogen (secondary N) is 1. The molecule has 2 rings (SSSR count). The summed E-state index contributed by atoms with van der Waals surface area (Å²) < 4.78 is 0. The largest absolute Gasteiger partial charge is 0.347 e. The standard InChI is InChI=1S/C18H23N3O2S/c1-12(2)9-15(18-20-13(3)11-24-18)21-17(23)7-6-16(22)14-5-4-8-19-10-14/h4-5,8,10-12,15H,6-7,9H2,1-3H3,(H,21,23). The molecular weight excluding hydrogens is 322 g/mol. The van der Waals surface area contributed by atoms with Gasteiger partial charge in [-0.25, -0.2) is 4.98 Å². The second kappa shape index (κ2) is 8.68. The van der Waals surface area contributed by atoms with E-state index in [4.69, 9.17) is 0 Å². The van der Waals surface area contributed by atoms with Gasteiger partial charge in [0.1, 0.15) is 5.01 Å². The van der Waals surface area contributed by atoms with E-state index in [9.17, 15) is 9.59 Å². The fraction of sp³-hybridized carbons (Fsp3) is 0.444. The maximum Gasteiger partial charge on any atom is 0.221 e. The first kappa shape index (κ1) is 18.3. The summed E-state index contributed by atoms with van der Waals surface area (Å²) >= 11 is 1.56. The Balaban J connectivity index is 1.91. The van der Waals surface area contributed by atoms with Crippen molar-refractivity contribution in [2.75, 3.05) is 0 Å². The zero-order chi connectivity index (χ0) is 17.5. The molecule has 0 aliphatic heterocycles. The van der Waals surface area contributed by atoms with Crippen LogP contribution >= 0.6 is 11.3 Å². The van der Waals surface area contributed by atoms with Gasteiger partial charge in [0.15, 0.2) is 5.78 Å². The molecule has 0 aliphatic rings. The molecule has 0 fully saturated rings. The van der Waals surface area contributed by atoms with Gasteiger partial charge in [-0.05, 0) is 31.4 Å². The Morgan fingerprint density at radius 2 is 2.08 bits per heavy atom. The Morgan fingerprint density at radius 3 is 2.67 bits per heavy atom. The summed E-state index contributed by atoms with van der Waals surface area (Å²) in [6, 6.07) is 3.34. The quantitative estimate of drug-likeness (QED) is 0.740. The van der Waals surface area contributed by atoms with E-state index in [0.717, 1.165) is 17.1 Å². The number of rotatable bonds is 8. The molecule has 2 aromatic heterocycles. The molecule has 0 spiro atoms. The average Bonchev–Trinajstić information content (AvgIpc) is 2.99. The molecular formula is C18H23N3O2S. The smallest absolute Gasteiger partial charge is 0.221 e. The minimum atomic E-state index is -0.120. The van der Waals surface area contributed by atoms with Gasteiger partial charge in [0.05, 0.1) is 6.04 Å². The van der Waals surface area contributed by atoms with E-state index in [-0.39, 0.29) is 30.6 Å². The van der Waals surface area contributed by atoms with Crippen LogP contribution in [0.15, 0.2) is 29.9 Å². The highest BCUT2D eigenvalue weighted by Crippen LogP contribution is 2.24. The highest BCUT2D eigenvalue weighted by molar-refractivity contribution is 7.09. The lowest BCUT2D eigenvalue weighted by Crippen LogP contribution is -2.29. The maximum atomic E-state index is 12.2. The first-order valence-electron chi connectivity index (χ1n) is 8.10. The van der Waals surface area contributed by atoms with Gasteiger partial charge in [0.2, 0.25) is 5.91 Å². The Hall–Kier alpha value is -2.08. The molecule has 0 radical (unpaired) electrons. The monoisotopic (exact) mass is 345 g/mol. The number of carbonyl (C=O) groups excluding carboxylic acids is 2. The minimum Gasteiger partial charge on any atom is -0.347 e. The number of hydrogen-bond acceptors (Lipinski definition) is 5. The number of hydrogen-bond donors (Lipinski definition) is 1. The van der Waals surface area contributed by atoms with E-state index < -0.39 is 0 Å². The molecule has 1 N–H and O–H groups in total. The van der Waals surface area contributed by atoms with Crippen molar-refractivity contribution in [3.8, 4) is 0 Å². The van der Waals surface area contributed by atoms with Crippen LogP contribution in [0, 0.1) is 12.8 Å². The Bertz CT molecular complexity index is 683. The highest BCUT2D eigenvalue weighted by atomic mass is 32.1. The molecule has 2 aromatic rings. The highest BCUT2D eigenvalue weighted by Gasteiger charge is 2.19. The number of amides is 1. The number of ketones is 1. The SMILES string of the molecule is Cc1csc(C(CC(C)C)NC(=O)CCC(=O)c2cccnc2)n1. The molecule has 24 heavy (non-hydrogen) atoms. The molecule has 1 amide bonds. The number of aromatic nitrogens is 2. The van der Waals surface area contributed by atoms with Gasteiger partial charge in [0, 0.05) is 41.9 Å². The number of aryl methyl sites for hydroxylation is 1. The van der Waals surface area contributed by atoms with Crippen LogP contribution in [-0.2, 0) is 4.79 Å². The molecule has 0 aromatic carbocycles. The topological polar surface area (TPSA) is 72.0 Å². The van der Waals surface area contributed by atoms with E-state index in [2.05, 4.69) is 29.1 Å². The third-order valence-electron chi connectivity index (χ3n) is 3.54. The Morgan fingerprint density at radius 1 is 1.29 bits per heavy atom. The predicted octanol–water partition coefficient (Wildman–Crippen LogP) is 3.71. The van der Waals surface area contributed by atoms with Crippen molar-refractivity contribution in [1.29, 1.82) is 0 Å². The fourth-order valence-corrected chi connectivity index (χ4v) is 3.25. The number of Topliss-reactive ketones (excluding diaryl/α,β-unsaturated/α-hetero) is 1. The molecule has 6 heteroatoms. The third-order valence-corrected chi connectivity index (χ3v) is 4.62. The molecule has 1 unspecified atom stereocenters. The number of nitrogens with zero attached hydrogens (tertiary/aromatic N) is 2. The average molecular weight is 345 g/mol. The fourth-order valence-electron chi connectivity index (χ4n) is 2.39. The van der Waals surface area contributed by atoms with E-state index in [1.807, 2.05) is 12.3 Å². The summed E-state index contributed by atoms with van der Waals surface area (Å²) in [5.74, 6) is 0.256. The van der Waals surface area contributed by atoms with Gasteiger partial charge in [-0.1, -0.05) is 13.8 Å². The van der Waals surface area contributed by atoms with Crippen LogP contribution in [0.3, 0.4) is 0 Å². The van der Waals surface area contributed by atoms with Crippen molar-refractivity contribution in [3.05, 3.63) is 46.2 Å². The summed E-state index contributed by atoms with van der Waals surface area (Å²) in [5.41, 5.74) is 1.50. The Kier molecular flexibility index (Phi) is 6.61. The van der Waals surface area contributed by atoms with Crippen LogP contribution in [0.1, 0.15) is 60.2 Å². The summed E-state index contributed by atoms with van der Waals surface area (Å²) in [6.45, 7) is 6.18. The van der Waals surface area contributed by atoms with E-state index >= 15 is 0 Å². The number of pyridine rings is 1. The van der Waals surface area contributed by atoms with Crippen molar-refractivity contribution in [1.82, 2.24) is 15.3 Å². The number of carbonyl (C=O) groups is 2. The molecule has 1 atom stereocenters. The number of thiazole rings is 1. The first-order valence-corrected chi connectivity index (χ1v) is 8.98. The lowest BCUT2D eigenvalue weighted by atomic mass is 10.0. The van der Waals surface area contributed by atoms with Crippen molar-refractivity contribution in [2.24, 2.45) is 5.92 Å². The maximum absolute atomic E-state index is 12.2. The normalized spacial score (nSPS) is 12.2. The zero-order valence-electron chi connectivity index (χ0n) is 14.3. The van der Waals surface area contributed by atoms with Crippen LogP contribution in [0.4, 0.5) is 0 Å². The van der Waals surface area contributed by atoms with E-state index in [1.54, 1.807) is 29.7 Å². The summed E-state index contributed by atoms with van der Waals surface area (Å²) in [7, 11) is 0. The lowest BCUT2D eigenvalue weighted by Gasteiger charge is -2.18. The molecule has 2 heterocycles. The van der Waals surface area contributed by atoms with Gasteiger partial charge in [-0.15, -0.1) is 11.3 Å². The summed E-state index contributed by atoms with van der Waals surface area (Å²) in [5, 5.41) is 5.94. The molecule has 128 valence electrons. The summed E-state index contributed by atoms with van der Waals surface area (Å²) in [6.07, 6.45) is 4.33. The van der Waals surface area contributed by atoms with E-state index in [1.165, 1.54) is 6.20 Å².